The molecule has 0 spiro atoms. The molecule has 1 aromatic heterocycles. The van der Waals surface area contributed by atoms with Gasteiger partial charge in [0, 0.05) is 6.20 Å². The predicted octanol–water partition coefficient (Wildman–Crippen LogP) is 3.15. The molecule has 3 aromatic rings. The minimum Gasteiger partial charge on any atom is -0.477 e. The van der Waals surface area contributed by atoms with E-state index >= 15 is 0 Å². The van der Waals surface area contributed by atoms with E-state index in [0.29, 0.717) is 0 Å². The van der Waals surface area contributed by atoms with Crippen LogP contribution in [0.4, 0.5) is 0 Å². The van der Waals surface area contributed by atoms with Crippen molar-refractivity contribution < 1.29 is 9.90 Å². The van der Waals surface area contributed by atoms with Crippen molar-refractivity contribution in [1.82, 2.24) is 4.98 Å². The third-order valence-electron chi connectivity index (χ3n) is 5.39. The van der Waals surface area contributed by atoms with E-state index in [9.17, 15) is 9.90 Å². The highest BCUT2D eigenvalue weighted by Crippen LogP contribution is 2.13. The minimum absolute atomic E-state index is 0.0395. The maximum absolute atomic E-state index is 11.5. The Bertz CT molecular complexity index is 968. The summed E-state index contributed by atoms with van der Waals surface area (Å²) in [6, 6.07) is 12.5. The molecule has 1 heterocycles. The fourth-order valence-corrected chi connectivity index (χ4v) is 4.51. The molecule has 3 nitrogen and oxygen atoms in total. The standard InChI is InChI=1S/C24H26BNO2/c1-14-9-16(3)22(17(4)10-14)25(20-7-8-26-21(13-20)24(27)28)23-18(5)11-15(2)12-19(23)6/h7-13H,1-6H3,(H,27,28). The molecule has 0 bridgehead atoms. The Labute approximate surface area is 167 Å². The van der Waals surface area contributed by atoms with Crippen molar-refractivity contribution in [1.29, 1.82) is 0 Å². The van der Waals surface area contributed by atoms with Gasteiger partial charge in [-0.05, 0) is 53.7 Å². The number of pyridine rings is 1. The molecular weight excluding hydrogens is 345 g/mol. The summed E-state index contributed by atoms with van der Waals surface area (Å²) in [4.78, 5) is 15.6. The number of aromatic carboxylic acids is 1. The smallest absolute Gasteiger partial charge is 0.354 e. The summed E-state index contributed by atoms with van der Waals surface area (Å²) in [5.41, 5.74) is 10.8. The average Bonchev–Trinajstić information content (AvgIpc) is 2.58. The molecule has 0 amide bonds. The van der Waals surface area contributed by atoms with Crippen molar-refractivity contribution >= 4 is 29.1 Å². The van der Waals surface area contributed by atoms with Gasteiger partial charge in [-0.3, -0.25) is 0 Å². The molecule has 0 unspecified atom stereocenters. The second kappa shape index (κ2) is 7.63. The van der Waals surface area contributed by atoms with Crippen molar-refractivity contribution in [2.75, 3.05) is 0 Å². The summed E-state index contributed by atoms with van der Waals surface area (Å²) in [7, 11) is 0. The zero-order chi connectivity index (χ0) is 20.6. The van der Waals surface area contributed by atoms with E-state index < -0.39 is 5.97 Å². The van der Waals surface area contributed by atoms with Gasteiger partial charge in [-0.2, -0.15) is 0 Å². The number of hydrogen-bond acceptors (Lipinski definition) is 2. The Hall–Kier alpha value is -2.88. The van der Waals surface area contributed by atoms with E-state index in [1.165, 1.54) is 44.3 Å². The highest BCUT2D eigenvalue weighted by Gasteiger charge is 2.29. The van der Waals surface area contributed by atoms with E-state index in [0.717, 1.165) is 5.46 Å². The lowest BCUT2D eigenvalue weighted by molar-refractivity contribution is 0.0690. The van der Waals surface area contributed by atoms with Crippen molar-refractivity contribution in [2.45, 2.75) is 41.5 Å². The second-order valence-corrected chi connectivity index (χ2v) is 7.84. The van der Waals surface area contributed by atoms with Crippen molar-refractivity contribution in [3.8, 4) is 0 Å². The zero-order valence-electron chi connectivity index (χ0n) is 17.4. The Kier molecular flexibility index (Phi) is 5.41. The van der Waals surface area contributed by atoms with Crippen LogP contribution in [0.15, 0.2) is 42.6 Å². The average molecular weight is 371 g/mol. The Morgan fingerprint density at radius 2 is 1.21 bits per heavy atom. The molecule has 0 aliphatic heterocycles. The van der Waals surface area contributed by atoms with Gasteiger partial charge in [0.25, 0.3) is 0 Å². The SMILES string of the molecule is Cc1cc(C)c(B(c2ccnc(C(=O)O)c2)c2c(C)cc(C)cc2C)c(C)c1. The number of hydrogen-bond donors (Lipinski definition) is 1. The van der Waals surface area contributed by atoms with Crippen LogP contribution in [-0.2, 0) is 0 Å². The molecule has 0 saturated carbocycles. The van der Waals surface area contributed by atoms with Crippen LogP contribution in [0.2, 0.25) is 0 Å². The molecule has 0 saturated heterocycles. The van der Waals surface area contributed by atoms with Gasteiger partial charge in [0.05, 0.1) is 0 Å². The van der Waals surface area contributed by atoms with Gasteiger partial charge in [0.1, 0.15) is 5.69 Å². The number of nitrogens with zero attached hydrogens (tertiary/aromatic N) is 1. The Morgan fingerprint density at radius 3 is 1.61 bits per heavy atom. The van der Waals surface area contributed by atoms with Gasteiger partial charge in [-0.15, -0.1) is 0 Å². The van der Waals surface area contributed by atoms with Crippen LogP contribution in [0.5, 0.6) is 0 Å². The van der Waals surface area contributed by atoms with Gasteiger partial charge in [0.15, 0.2) is 0 Å². The highest BCUT2D eigenvalue weighted by molar-refractivity contribution is 6.96. The van der Waals surface area contributed by atoms with Crippen molar-refractivity contribution in [3.63, 3.8) is 0 Å². The molecule has 0 radical (unpaired) electrons. The number of carbonyl (C=O) groups is 1. The van der Waals surface area contributed by atoms with Gasteiger partial charge >= 0.3 is 5.97 Å². The van der Waals surface area contributed by atoms with Crippen LogP contribution in [0, 0.1) is 41.5 Å². The molecule has 3 rings (SSSR count). The first kappa shape index (κ1) is 19.9. The number of carboxylic acid groups (broad SMARTS) is 1. The molecule has 4 heteroatoms. The van der Waals surface area contributed by atoms with Crippen LogP contribution in [0.1, 0.15) is 43.9 Å². The van der Waals surface area contributed by atoms with E-state index in [-0.39, 0.29) is 12.4 Å². The van der Waals surface area contributed by atoms with Gasteiger partial charge in [-0.1, -0.05) is 74.0 Å². The fraction of sp³-hybridized carbons (Fsp3) is 0.250. The molecule has 0 fully saturated rings. The number of carboxylic acids is 1. The van der Waals surface area contributed by atoms with Crippen LogP contribution in [-0.4, -0.2) is 22.8 Å². The van der Waals surface area contributed by atoms with E-state index in [2.05, 4.69) is 70.8 Å². The van der Waals surface area contributed by atoms with E-state index in [1.54, 1.807) is 12.3 Å². The maximum Gasteiger partial charge on any atom is 0.354 e. The summed E-state index contributed by atoms with van der Waals surface area (Å²) < 4.78 is 0. The largest absolute Gasteiger partial charge is 0.477 e. The lowest BCUT2D eigenvalue weighted by atomic mass is 9.34. The molecule has 2 aromatic carbocycles. The minimum atomic E-state index is -1.00. The fourth-order valence-electron chi connectivity index (χ4n) is 4.51. The second-order valence-electron chi connectivity index (χ2n) is 7.84. The number of aryl methyl sites for hydroxylation is 6. The van der Waals surface area contributed by atoms with Crippen molar-refractivity contribution in [2.24, 2.45) is 0 Å². The third kappa shape index (κ3) is 3.73. The number of rotatable bonds is 4. The van der Waals surface area contributed by atoms with Crippen LogP contribution >= 0.6 is 0 Å². The number of aromatic nitrogens is 1. The van der Waals surface area contributed by atoms with Crippen LogP contribution in [0.3, 0.4) is 0 Å². The monoisotopic (exact) mass is 371 g/mol. The summed E-state index contributed by atoms with van der Waals surface area (Å²) in [5, 5.41) is 9.46. The lowest BCUT2D eigenvalue weighted by Gasteiger charge is -2.24. The molecule has 1 N–H and O–H groups in total. The predicted molar refractivity (Wildman–Crippen MR) is 117 cm³/mol. The van der Waals surface area contributed by atoms with Gasteiger partial charge < -0.3 is 5.11 Å². The molecule has 142 valence electrons. The summed E-state index contributed by atoms with van der Waals surface area (Å²) in [6.45, 7) is 12.7. The summed E-state index contributed by atoms with van der Waals surface area (Å²) in [5.74, 6) is -1.00. The van der Waals surface area contributed by atoms with Gasteiger partial charge in [0.2, 0.25) is 6.71 Å². The van der Waals surface area contributed by atoms with E-state index in [1.807, 2.05) is 6.07 Å². The normalized spacial score (nSPS) is 10.8. The van der Waals surface area contributed by atoms with Crippen molar-refractivity contribution in [3.05, 3.63) is 81.7 Å². The lowest BCUT2D eigenvalue weighted by Crippen LogP contribution is -2.56. The van der Waals surface area contributed by atoms with Gasteiger partial charge in [-0.25, -0.2) is 9.78 Å². The Morgan fingerprint density at radius 1 is 0.786 bits per heavy atom. The third-order valence-corrected chi connectivity index (χ3v) is 5.39. The molecule has 0 atom stereocenters. The highest BCUT2D eigenvalue weighted by atomic mass is 16.4. The first-order valence-electron chi connectivity index (χ1n) is 9.53. The summed E-state index contributed by atoms with van der Waals surface area (Å²) >= 11 is 0. The van der Waals surface area contributed by atoms with Crippen LogP contribution < -0.4 is 16.4 Å². The molecule has 28 heavy (non-hydrogen) atoms. The molecule has 0 aliphatic carbocycles. The topological polar surface area (TPSA) is 50.2 Å². The first-order valence-corrected chi connectivity index (χ1v) is 9.53. The maximum atomic E-state index is 11.5. The Balaban J connectivity index is 2.37. The number of benzene rings is 2. The van der Waals surface area contributed by atoms with Crippen LogP contribution in [0.25, 0.3) is 0 Å². The summed E-state index contributed by atoms with van der Waals surface area (Å²) in [6.07, 6.45) is 1.60. The van der Waals surface area contributed by atoms with E-state index in [4.69, 9.17) is 0 Å². The molecular formula is C24H26BNO2. The quantitative estimate of drug-likeness (QED) is 0.717. The zero-order valence-corrected chi connectivity index (χ0v) is 17.4. The molecule has 0 aliphatic rings. The first-order chi connectivity index (χ1) is 13.2.